The molecular weight excluding hydrogens is 448 g/mol. The lowest BCUT2D eigenvalue weighted by Gasteiger charge is -2.24. The maximum absolute atomic E-state index is 6.34. The van der Waals surface area contributed by atoms with Crippen LogP contribution in [0.15, 0.2) is 84.9 Å². The second-order valence-corrected chi connectivity index (χ2v) is 10.3. The van der Waals surface area contributed by atoms with Gasteiger partial charge in [-0.05, 0) is 101 Å². The normalized spacial score (nSPS) is 11.2. The third kappa shape index (κ3) is 6.43. The van der Waals surface area contributed by atoms with Crippen LogP contribution in [0, 0.1) is 0 Å². The largest absolute Gasteiger partial charge is 0.399 e. The summed E-state index contributed by atoms with van der Waals surface area (Å²) in [5.41, 5.74) is 24.6. The van der Waals surface area contributed by atoms with Crippen LogP contribution in [-0.2, 0) is 12.8 Å². The summed E-state index contributed by atoms with van der Waals surface area (Å²) in [5, 5.41) is 0. The van der Waals surface area contributed by atoms with E-state index in [0.717, 1.165) is 30.6 Å². The Morgan fingerprint density at radius 1 is 0.568 bits per heavy atom. The zero-order valence-electron chi connectivity index (χ0n) is 22.8. The van der Waals surface area contributed by atoms with Crippen LogP contribution in [0.3, 0.4) is 0 Å². The van der Waals surface area contributed by atoms with Gasteiger partial charge in [-0.15, -0.1) is 0 Å². The molecule has 0 aliphatic rings. The van der Waals surface area contributed by atoms with Gasteiger partial charge in [0.05, 0.1) is 0 Å². The summed E-state index contributed by atoms with van der Waals surface area (Å²) in [6, 6.07) is 30.9. The first kappa shape index (κ1) is 26.5. The van der Waals surface area contributed by atoms with Gasteiger partial charge in [0.2, 0.25) is 0 Å². The summed E-state index contributed by atoms with van der Waals surface area (Å²) >= 11 is 0. The van der Waals surface area contributed by atoms with Crippen molar-refractivity contribution >= 4 is 11.4 Å². The fourth-order valence-corrected chi connectivity index (χ4v) is 5.41. The standard InChI is InChI=1S/C35H42N2/c1-4-7-11-25-13-9-15-27(21-25)34-23-29(36)17-19-32(34)31(6-3)33-20-18-30(37)24-35(33)28-16-10-14-26(22-28)12-8-5-2/h9-10,13-24,31H,4-8,11-12,36-37H2,1-3H3. The maximum Gasteiger partial charge on any atom is 0.0320 e. The predicted molar refractivity (Wildman–Crippen MR) is 162 cm³/mol. The third-order valence-electron chi connectivity index (χ3n) is 7.43. The average Bonchev–Trinajstić information content (AvgIpc) is 2.92. The minimum atomic E-state index is 0.227. The minimum Gasteiger partial charge on any atom is -0.399 e. The van der Waals surface area contributed by atoms with Crippen LogP contribution < -0.4 is 11.5 Å². The zero-order valence-corrected chi connectivity index (χ0v) is 22.8. The van der Waals surface area contributed by atoms with E-state index < -0.39 is 0 Å². The van der Waals surface area contributed by atoms with Gasteiger partial charge in [-0.25, -0.2) is 0 Å². The summed E-state index contributed by atoms with van der Waals surface area (Å²) in [6.45, 7) is 6.77. The van der Waals surface area contributed by atoms with Crippen LogP contribution in [0.5, 0.6) is 0 Å². The molecule has 0 atom stereocenters. The maximum atomic E-state index is 6.34. The fourth-order valence-electron chi connectivity index (χ4n) is 5.41. The minimum absolute atomic E-state index is 0.227. The number of nitrogens with two attached hydrogens (primary N) is 2. The molecule has 0 bridgehead atoms. The molecule has 2 heteroatoms. The predicted octanol–water partition coefficient (Wildman–Crippen LogP) is 9.41. The molecule has 0 unspecified atom stereocenters. The van der Waals surface area contributed by atoms with Crippen LogP contribution in [0.1, 0.15) is 81.0 Å². The number of nitrogen functional groups attached to an aromatic ring is 2. The van der Waals surface area contributed by atoms with E-state index in [0.29, 0.717) is 0 Å². The number of benzene rings is 4. The summed E-state index contributed by atoms with van der Waals surface area (Å²) in [4.78, 5) is 0. The molecule has 4 aromatic rings. The van der Waals surface area contributed by atoms with Crippen molar-refractivity contribution in [2.75, 3.05) is 11.5 Å². The lowest BCUT2D eigenvalue weighted by Crippen LogP contribution is -2.06. The van der Waals surface area contributed by atoms with Crippen LogP contribution >= 0.6 is 0 Å². The van der Waals surface area contributed by atoms with E-state index in [1.165, 1.54) is 70.2 Å². The van der Waals surface area contributed by atoms with Gasteiger partial charge in [0.15, 0.2) is 0 Å². The summed E-state index contributed by atoms with van der Waals surface area (Å²) < 4.78 is 0. The monoisotopic (exact) mass is 490 g/mol. The molecule has 0 amide bonds. The van der Waals surface area contributed by atoms with E-state index in [2.05, 4.69) is 93.6 Å². The van der Waals surface area contributed by atoms with Crippen molar-refractivity contribution in [1.29, 1.82) is 0 Å². The van der Waals surface area contributed by atoms with Crippen molar-refractivity contribution in [2.24, 2.45) is 0 Å². The van der Waals surface area contributed by atoms with Crippen molar-refractivity contribution in [3.8, 4) is 22.3 Å². The molecule has 0 aliphatic heterocycles. The van der Waals surface area contributed by atoms with E-state index in [-0.39, 0.29) is 5.92 Å². The number of hydrogen-bond acceptors (Lipinski definition) is 2. The Balaban J connectivity index is 1.82. The van der Waals surface area contributed by atoms with E-state index >= 15 is 0 Å². The van der Waals surface area contributed by atoms with E-state index in [4.69, 9.17) is 11.5 Å². The van der Waals surface area contributed by atoms with Crippen molar-refractivity contribution in [1.82, 2.24) is 0 Å². The second kappa shape index (κ2) is 12.6. The van der Waals surface area contributed by atoms with Gasteiger partial charge in [0, 0.05) is 17.3 Å². The number of hydrogen-bond donors (Lipinski definition) is 2. The Hall–Kier alpha value is -3.52. The Morgan fingerprint density at radius 3 is 1.43 bits per heavy atom. The summed E-state index contributed by atoms with van der Waals surface area (Å²) in [7, 11) is 0. The lowest BCUT2D eigenvalue weighted by molar-refractivity contribution is 0.780. The Morgan fingerprint density at radius 2 is 1.03 bits per heavy atom. The molecule has 4 rings (SSSR count). The van der Waals surface area contributed by atoms with Crippen molar-refractivity contribution < 1.29 is 0 Å². The Bertz CT molecular complexity index is 1220. The Labute approximate surface area is 223 Å². The van der Waals surface area contributed by atoms with Gasteiger partial charge in [-0.1, -0.05) is 94.3 Å². The second-order valence-electron chi connectivity index (χ2n) is 10.3. The number of unbranched alkanes of at least 4 members (excludes halogenated alkanes) is 2. The van der Waals surface area contributed by atoms with Crippen molar-refractivity contribution in [2.45, 2.75) is 71.6 Å². The van der Waals surface area contributed by atoms with E-state index in [1.54, 1.807) is 0 Å². The van der Waals surface area contributed by atoms with Gasteiger partial charge in [0.25, 0.3) is 0 Å². The molecule has 0 radical (unpaired) electrons. The number of aryl methyl sites for hydroxylation is 2. The first-order valence-electron chi connectivity index (χ1n) is 14.0. The third-order valence-corrected chi connectivity index (χ3v) is 7.43. The molecule has 37 heavy (non-hydrogen) atoms. The molecular formula is C35H42N2. The lowest BCUT2D eigenvalue weighted by atomic mass is 9.80. The molecule has 0 spiro atoms. The van der Waals surface area contributed by atoms with Gasteiger partial charge in [-0.3, -0.25) is 0 Å². The molecule has 0 aromatic heterocycles. The summed E-state index contributed by atoms with van der Waals surface area (Å²) in [5.74, 6) is 0.227. The molecule has 0 fully saturated rings. The highest BCUT2D eigenvalue weighted by molar-refractivity contribution is 5.77. The zero-order chi connectivity index (χ0) is 26.2. The highest BCUT2D eigenvalue weighted by atomic mass is 14.5. The molecule has 4 aromatic carbocycles. The Kier molecular flexibility index (Phi) is 9.06. The van der Waals surface area contributed by atoms with Crippen LogP contribution in [0.4, 0.5) is 11.4 Å². The van der Waals surface area contributed by atoms with Crippen LogP contribution in [0.2, 0.25) is 0 Å². The van der Waals surface area contributed by atoms with Gasteiger partial charge in [0.1, 0.15) is 0 Å². The molecule has 0 saturated heterocycles. The summed E-state index contributed by atoms with van der Waals surface area (Å²) in [6.07, 6.45) is 8.01. The van der Waals surface area contributed by atoms with Crippen molar-refractivity contribution in [3.05, 3.63) is 107 Å². The highest BCUT2D eigenvalue weighted by Gasteiger charge is 2.21. The first-order valence-corrected chi connectivity index (χ1v) is 14.0. The van der Waals surface area contributed by atoms with Gasteiger partial charge < -0.3 is 11.5 Å². The van der Waals surface area contributed by atoms with Crippen molar-refractivity contribution in [3.63, 3.8) is 0 Å². The topological polar surface area (TPSA) is 52.0 Å². The molecule has 0 saturated carbocycles. The SMILES string of the molecule is CCCCc1cccc(-c2cc(N)ccc2C(CC)c2ccc(N)cc2-c2cccc(CCCC)c2)c1. The van der Waals surface area contributed by atoms with Crippen LogP contribution in [0.25, 0.3) is 22.3 Å². The average molecular weight is 491 g/mol. The van der Waals surface area contributed by atoms with Gasteiger partial charge in [-0.2, -0.15) is 0 Å². The number of rotatable bonds is 11. The first-order chi connectivity index (χ1) is 18.0. The molecule has 0 aliphatic carbocycles. The highest BCUT2D eigenvalue weighted by Crippen LogP contribution is 2.41. The molecule has 0 heterocycles. The van der Waals surface area contributed by atoms with E-state index in [1.807, 2.05) is 12.1 Å². The molecule has 192 valence electrons. The number of anilines is 2. The smallest absolute Gasteiger partial charge is 0.0320 e. The molecule has 2 nitrogen and oxygen atoms in total. The fraction of sp³-hybridized carbons (Fsp3) is 0.314. The van der Waals surface area contributed by atoms with Crippen LogP contribution in [-0.4, -0.2) is 0 Å². The quantitative estimate of drug-likeness (QED) is 0.206. The molecule has 4 N–H and O–H groups in total. The van der Waals surface area contributed by atoms with Gasteiger partial charge >= 0.3 is 0 Å². The van der Waals surface area contributed by atoms with E-state index in [9.17, 15) is 0 Å².